The van der Waals surface area contributed by atoms with E-state index >= 15 is 0 Å². The van der Waals surface area contributed by atoms with Crippen molar-refractivity contribution in [3.05, 3.63) is 48.6 Å². The topological polar surface area (TPSA) is 58.6 Å². The molecular formula is C18H24N2O3. The molecule has 1 fully saturated rings. The number of benzene rings is 1. The molecule has 2 unspecified atom stereocenters. The molecule has 1 aliphatic heterocycles. The molecule has 1 saturated heterocycles. The highest BCUT2D eigenvalue weighted by molar-refractivity contribution is 5.82. The van der Waals surface area contributed by atoms with Crippen LogP contribution >= 0.6 is 0 Å². The summed E-state index contributed by atoms with van der Waals surface area (Å²) in [6.45, 7) is 4.50. The number of likely N-dealkylation sites (tertiary alicyclic amines) is 1. The maximum absolute atomic E-state index is 12.4. The van der Waals surface area contributed by atoms with Crippen molar-refractivity contribution in [2.75, 3.05) is 26.8 Å². The van der Waals surface area contributed by atoms with E-state index in [1.165, 1.54) is 7.11 Å². The number of methoxy groups -OCH3 is 1. The van der Waals surface area contributed by atoms with Gasteiger partial charge in [0.25, 0.3) is 0 Å². The molecule has 124 valence electrons. The van der Waals surface area contributed by atoms with Gasteiger partial charge < -0.3 is 15.0 Å². The second-order valence-corrected chi connectivity index (χ2v) is 5.71. The van der Waals surface area contributed by atoms with E-state index in [2.05, 4.69) is 11.9 Å². The lowest BCUT2D eigenvalue weighted by Crippen LogP contribution is -2.48. The third kappa shape index (κ3) is 4.42. The van der Waals surface area contributed by atoms with Crippen molar-refractivity contribution in [3.63, 3.8) is 0 Å². The maximum atomic E-state index is 12.4. The summed E-state index contributed by atoms with van der Waals surface area (Å²) in [6, 6.07) is 9.95. The Bertz CT molecular complexity index is 544. The smallest absolute Gasteiger partial charge is 0.249 e. The summed E-state index contributed by atoms with van der Waals surface area (Å²) < 4.78 is 5.00. The lowest BCUT2D eigenvalue weighted by molar-refractivity contribution is -0.142. The molecule has 0 aromatic heterocycles. The number of ether oxygens (including phenoxy) is 1. The molecule has 2 amide bonds. The Kier molecular flexibility index (Phi) is 6.35. The van der Waals surface area contributed by atoms with Gasteiger partial charge in [-0.05, 0) is 18.4 Å². The standard InChI is InChI=1S/C18H24N2O3/c1-3-11-19-18(22)15-9-10-16(14-7-5-4-6-8-14)20(12-15)17(21)13-23-2/h3-8,15-16H,1,9-13H2,2H3,(H,19,22). The van der Waals surface area contributed by atoms with Gasteiger partial charge in [0.05, 0.1) is 12.0 Å². The predicted molar refractivity (Wildman–Crippen MR) is 88.7 cm³/mol. The summed E-state index contributed by atoms with van der Waals surface area (Å²) >= 11 is 0. The van der Waals surface area contributed by atoms with Gasteiger partial charge >= 0.3 is 0 Å². The molecule has 5 nitrogen and oxygen atoms in total. The van der Waals surface area contributed by atoms with E-state index in [1.807, 2.05) is 30.3 Å². The third-order valence-electron chi connectivity index (χ3n) is 4.15. The summed E-state index contributed by atoms with van der Waals surface area (Å²) in [5.41, 5.74) is 1.10. The van der Waals surface area contributed by atoms with Gasteiger partial charge in [-0.1, -0.05) is 36.4 Å². The molecule has 0 saturated carbocycles. The van der Waals surface area contributed by atoms with Crippen LogP contribution in [0.3, 0.4) is 0 Å². The second kappa shape index (κ2) is 8.48. The van der Waals surface area contributed by atoms with Crippen LogP contribution in [-0.2, 0) is 14.3 Å². The highest BCUT2D eigenvalue weighted by Gasteiger charge is 2.35. The first kappa shape index (κ1) is 17.2. The number of hydrogen-bond acceptors (Lipinski definition) is 3. The number of hydrogen-bond donors (Lipinski definition) is 1. The average molecular weight is 316 g/mol. The number of carbonyl (C=O) groups excluding carboxylic acids is 2. The van der Waals surface area contributed by atoms with Gasteiger partial charge in [0.15, 0.2) is 0 Å². The Hall–Kier alpha value is -2.14. The summed E-state index contributed by atoms with van der Waals surface area (Å²) in [4.78, 5) is 26.4. The van der Waals surface area contributed by atoms with E-state index in [9.17, 15) is 9.59 Å². The van der Waals surface area contributed by atoms with Crippen LogP contribution in [0, 0.1) is 5.92 Å². The summed E-state index contributed by atoms with van der Waals surface area (Å²) in [5, 5.41) is 2.82. The van der Waals surface area contributed by atoms with E-state index in [-0.39, 0.29) is 30.4 Å². The van der Waals surface area contributed by atoms with E-state index in [0.717, 1.165) is 18.4 Å². The minimum absolute atomic E-state index is 0.00213. The fourth-order valence-electron chi connectivity index (χ4n) is 3.01. The molecule has 1 aliphatic rings. The summed E-state index contributed by atoms with van der Waals surface area (Å²) in [5.74, 6) is -0.287. The summed E-state index contributed by atoms with van der Waals surface area (Å²) in [7, 11) is 1.51. The first-order chi connectivity index (χ1) is 11.2. The van der Waals surface area contributed by atoms with Gasteiger partial charge in [0.1, 0.15) is 6.61 Å². The van der Waals surface area contributed by atoms with Crippen molar-refractivity contribution in [2.24, 2.45) is 5.92 Å². The Labute approximate surface area is 137 Å². The quantitative estimate of drug-likeness (QED) is 0.816. The molecule has 23 heavy (non-hydrogen) atoms. The molecule has 0 spiro atoms. The monoisotopic (exact) mass is 316 g/mol. The highest BCUT2D eigenvalue weighted by atomic mass is 16.5. The van der Waals surface area contributed by atoms with Crippen LogP contribution in [0.1, 0.15) is 24.4 Å². The minimum atomic E-state index is -0.185. The Morgan fingerprint density at radius 1 is 1.35 bits per heavy atom. The van der Waals surface area contributed by atoms with Crippen molar-refractivity contribution in [2.45, 2.75) is 18.9 Å². The predicted octanol–water partition coefficient (Wildman–Crippen LogP) is 1.91. The van der Waals surface area contributed by atoms with Crippen molar-refractivity contribution >= 4 is 11.8 Å². The van der Waals surface area contributed by atoms with E-state index in [4.69, 9.17) is 4.74 Å². The third-order valence-corrected chi connectivity index (χ3v) is 4.15. The molecule has 0 bridgehead atoms. The van der Waals surface area contributed by atoms with Crippen LogP contribution in [0.5, 0.6) is 0 Å². The van der Waals surface area contributed by atoms with E-state index in [1.54, 1.807) is 11.0 Å². The zero-order valence-corrected chi connectivity index (χ0v) is 13.5. The normalized spacial score (nSPS) is 20.8. The lowest BCUT2D eigenvalue weighted by Gasteiger charge is -2.39. The number of amides is 2. The van der Waals surface area contributed by atoms with Gasteiger partial charge in [0.2, 0.25) is 11.8 Å². The van der Waals surface area contributed by atoms with Crippen LogP contribution in [0.2, 0.25) is 0 Å². The molecule has 1 aromatic rings. The van der Waals surface area contributed by atoms with Gasteiger partial charge in [-0.25, -0.2) is 0 Å². The van der Waals surface area contributed by atoms with Crippen LogP contribution in [-0.4, -0.2) is 43.5 Å². The van der Waals surface area contributed by atoms with Crippen LogP contribution in [0.4, 0.5) is 0 Å². The molecule has 5 heteroatoms. The van der Waals surface area contributed by atoms with Gasteiger partial charge in [-0.15, -0.1) is 6.58 Å². The van der Waals surface area contributed by atoms with Crippen molar-refractivity contribution in [1.29, 1.82) is 0 Å². The molecule has 0 aliphatic carbocycles. The first-order valence-electron chi connectivity index (χ1n) is 7.89. The largest absolute Gasteiger partial charge is 0.375 e. The Morgan fingerprint density at radius 2 is 2.09 bits per heavy atom. The molecule has 0 radical (unpaired) electrons. The maximum Gasteiger partial charge on any atom is 0.249 e. The zero-order chi connectivity index (χ0) is 16.7. The van der Waals surface area contributed by atoms with Crippen LogP contribution in [0.25, 0.3) is 0 Å². The number of nitrogens with zero attached hydrogens (tertiary/aromatic N) is 1. The number of carbonyl (C=O) groups is 2. The van der Waals surface area contributed by atoms with E-state index < -0.39 is 0 Å². The minimum Gasteiger partial charge on any atom is -0.375 e. The van der Waals surface area contributed by atoms with Gasteiger partial charge in [0, 0.05) is 20.2 Å². The highest BCUT2D eigenvalue weighted by Crippen LogP contribution is 2.33. The molecule has 1 aromatic carbocycles. The fraction of sp³-hybridized carbons (Fsp3) is 0.444. The van der Waals surface area contributed by atoms with Gasteiger partial charge in [-0.2, -0.15) is 0 Å². The molecule has 2 atom stereocenters. The van der Waals surface area contributed by atoms with Crippen molar-refractivity contribution < 1.29 is 14.3 Å². The van der Waals surface area contributed by atoms with Crippen molar-refractivity contribution in [3.8, 4) is 0 Å². The first-order valence-corrected chi connectivity index (χ1v) is 7.89. The Morgan fingerprint density at radius 3 is 2.74 bits per heavy atom. The average Bonchev–Trinajstić information content (AvgIpc) is 2.60. The number of rotatable bonds is 6. The molecule has 2 rings (SSSR count). The summed E-state index contributed by atoms with van der Waals surface area (Å²) in [6.07, 6.45) is 3.19. The molecular weight excluding hydrogens is 292 g/mol. The SMILES string of the molecule is C=CCNC(=O)C1CCC(c2ccccc2)N(C(=O)COC)C1. The van der Waals surface area contributed by atoms with Gasteiger partial charge in [-0.3, -0.25) is 9.59 Å². The van der Waals surface area contributed by atoms with Crippen LogP contribution < -0.4 is 5.32 Å². The fourth-order valence-corrected chi connectivity index (χ4v) is 3.01. The molecule has 1 heterocycles. The van der Waals surface area contributed by atoms with Crippen LogP contribution in [0.15, 0.2) is 43.0 Å². The Balaban J connectivity index is 2.14. The van der Waals surface area contributed by atoms with Crippen molar-refractivity contribution in [1.82, 2.24) is 10.2 Å². The number of piperidine rings is 1. The second-order valence-electron chi connectivity index (χ2n) is 5.71. The molecule has 1 N–H and O–H groups in total. The number of nitrogens with one attached hydrogen (secondary N) is 1. The lowest BCUT2D eigenvalue weighted by atomic mass is 9.88. The zero-order valence-electron chi connectivity index (χ0n) is 13.5. The van der Waals surface area contributed by atoms with E-state index in [0.29, 0.717) is 13.1 Å².